The van der Waals surface area contributed by atoms with Crippen LogP contribution in [-0.4, -0.2) is 39.4 Å². The molecule has 2 unspecified atom stereocenters. The molecule has 0 aromatic carbocycles. The number of ether oxygens (including phenoxy) is 2. The highest BCUT2D eigenvalue weighted by molar-refractivity contribution is 5.73. The summed E-state index contributed by atoms with van der Waals surface area (Å²) >= 11 is 0. The molecule has 1 fully saturated rings. The molecule has 2 atom stereocenters. The Hall–Kier alpha value is -0.610. The molecule has 1 rings (SSSR count). The zero-order valence-corrected chi connectivity index (χ0v) is 7.50. The van der Waals surface area contributed by atoms with Crippen LogP contribution in [0.15, 0.2) is 0 Å². The van der Waals surface area contributed by atoms with Gasteiger partial charge >= 0.3 is 5.97 Å². The standard InChI is InChI=1S/C8H15NO3/c1-9-7-3-4-12-5-6(7)8(10)11-2/h6-7,9H,3-5H2,1-2H3. The van der Waals surface area contributed by atoms with Crippen LogP contribution in [0.2, 0.25) is 0 Å². The lowest BCUT2D eigenvalue weighted by atomic mass is 9.96. The molecule has 1 aliphatic heterocycles. The van der Waals surface area contributed by atoms with E-state index in [1.54, 1.807) is 0 Å². The van der Waals surface area contributed by atoms with Gasteiger partial charge in [-0.1, -0.05) is 0 Å². The van der Waals surface area contributed by atoms with Gasteiger partial charge in [-0.2, -0.15) is 0 Å². The fourth-order valence-corrected chi connectivity index (χ4v) is 1.47. The number of methoxy groups -OCH3 is 1. The number of hydrogen-bond acceptors (Lipinski definition) is 4. The molecule has 4 nitrogen and oxygen atoms in total. The molecule has 1 N–H and O–H groups in total. The van der Waals surface area contributed by atoms with Gasteiger partial charge in [0.2, 0.25) is 0 Å². The molecule has 0 amide bonds. The Balaban J connectivity index is 2.52. The summed E-state index contributed by atoms with van der Waals surface area (Å²) in [5.74, 6) is -0.331. The lowest BCUT2D eigenvalue weighted by Gasteiger charge is -2.28. The molecule has 0 aliphatic carbocycles. The summed E-state index contributed by atoms with van der Waals surface area (Å²) in [4.78, 5) is 11.2. The summed E-state index contributed by atoms with van der Waals surface area (Å²) in [6.45, 7) is 1.19. The maximum absolute atomic E-state index is 11.2. The summed E-state index contributed by atoms with van der Waals surface area (Å²) in [5, 5.41) is 3.09. The average molecular weight is 173 g/mol. The summed E-state index contributed by atoms with van der Waals surface area (Å²) in [7, 11) is 3.26. The zero-order chi connectivity index (χ0) is 8.97. The molecule has 12 heavy (non-hydrogen) atoms. The van der Waals surface area contributed by atoms with Gasteiger partial charge in [0.05, 0.1) is 19.6 Å². The van der Waals surface area contributed by atoms with Crippen LogP contribution >= 0.6 is 0 Å². The van der Waals surface area contributed by atoms with Gasteiger partial charge in [0, 0.05) is 12.6 Å². The SMILES string of the molecule is CNC1CCOCC1C(=O)OC. The second kappa shape index (κ2) is 4.42. The van der Waals surface area contributed by atoms with Crippen LogP contribution in [0.1, 0.15) is 6.42 Å². The van der Waals surface area contributed by atoms with Crippen LogP contribution in [0.25, 0.3) is 0 Å². The Labute approximate surface area is 72.2 Å². The predicted molar refractivity (Wildman–Crippen MR) is 43.8 cm³/mol. The van der Waals surface area contributed by atoms with Gasteiger partial charge in [0.1, 0.15) is 0 Å². The first kappa shape index (κ1) is 9.48. The Morgan fingerprint density at radius 3 is 3.00 bits per heavy atom. The van der Waals surface area contributed by atoms with Crippen molar-refractivity contribution < 1.29 is 14.3 Å². The highest BCUT2D eigenvalue weighted by Gasteiger charge is 2.31. The van der Waals surface area contributed by atoms with Crippen LogP contribution in [0.3, 0.4) is 0 Å². The first-order valence-electron chi connectivity index (χ1n) is 4.12. The largest absolute Gasteiger partial charge is 0.469 e. The van der Waals surface area contributed by atoms with Crippen LogP contribution in [0, 0.1) is 5.92 Å². The Kier molecular flexibility index (Phi) is 3.49. The molecule has 4 heteroatoms. The van der Waals surface area contributed by atoms with Crippen molar-refractivity contribution in [1.82, 2.24) is 5.32 Å². The van der Waals surface area contributed by atoms with Gasteiger partial charge in [-0.05, 0) is 13.5 Å². The van der Waals surface area contributed by atoms with E-state index in [9.17, 15) is 4.79 Å². The number of carbonyl (C=O) groups is 1. The quantitative estimate of drug-likeness (QED) is 0.587. The molecular formula is C8H15NO3. The molecule has 1 aliphatic rings. The van der Waals surface area contributed by atoms with E-state index in [1.807, 2.05) is 7.05 Å². The molecule has 0 aromatic rings. The van der Waals surface area contributed by atoms with E-state index in [4.69, 9.17) is 4.74 Å². The van der Waals surface area contributed by atoms with Gasteiger partial charge in [0.25, 0.3) is 0 Å². The first-order valence-corrected chi connectivity index (χ1v) is 4.12. The van der Waals surface area contributed by atoms with Crippen molar-refractivity contribution in [2.45, 2.75) is 12.5 Å². The topological polar surface area (TPSA) is 47.6 Å². The normalized spacial score (nSPS) is 29.8. The third-order valence-corrected chi connectivity index (χ3v) is 2.23. The van der Waals surface area contributed by atoms with Gasteiger partial charge < -0.3 is 14.8 Å². The molecule has 0 radical (unpaired) electrons. The molecule has 0 aromatic heterocycles. The van der Waals surface area contributed by atoms with E-state index in [1.165, 1.54) is 7.11 Å². The smallest absolute Gasteiger partial charge is 0.312 e. The van der Waals surface area contributed by atoms with Crippen LogP contribution in [-0.2, 0) is 14.3 Å². The average Bonchev–Trinajstić information content (AvgIpc) is 2.16. The highest BCUT2D eigenvalue weighted by atomic mass is 16.5. The van der Waals surface area contributed by atoms with Gasteiger partial charge in [-0.25, -0.2) is 0 Å². The summed E-state index contributed by atoms with van der Waals surface area (Å²) < 4.78 is 9.86. The van der Waals surface area contributed by atoms with E-state index < -0.39 is 0 Å². The van der Waals surface area contributed by atoms with Gasteiger partial charge in [0.15, 0.2) is 0 Å². The van der Waals surface area contributed by atoms with Crippen molar-refractivity contribution in [1.29, 1.82) is 0 Å². The van der Waals surface area contributed by atoms with Crippen molar-refractivity contribution in [3.8, 4) is 0 Å². The molecule has 70 valence electrons. The summed E-state index contributed by atoms with van der Waals surface area (Å²) in [6, 6.07) is 0.200. The third kappa shape index (κ3) is 1.95. The highest BCUT2D eigenvalue weighted by Crippen LogP contribution is 2.15. The van der Waals surface area contributed by atoms with Crippen molar-refractivity contribution in [3.63, 3.8) is 0 Å². The number of esters is 1. The van der Waals surface area contributed by atoms with Crippen LogP contribution in [0.4, 0.5) is 0 Å². The Bertz CT molecular complexity index is 160. The maximum atomic E-state index is 11.2. The molecular weight excluding hydrogens is 158 g/mol. The van der Waals surface area contributed by atoms with Crippen molar-refractivity contribution >= 4 is 5.97 Å². The van der Waals surface area contributed by atoms with Crippen LogP contribution in [0.5, 0.6) is 0 Å². The van der Waals surface area contributed by atoms with E-state index in [0.717, 1.165) is 13.0 Å². The number of nitrogens with one attached hydrogen (secondary N) is 1. The zero-order valence-electron chi connectivity index (χ0n) is 7.50. The first-order chi connectivity index (χ1) is 5.79. The summed E-state index contributed by atoms with van der Waals surface area (Å²) in [6.07, 6.45) is 0.871. The molecule has 0 spiro atoms. The number of carbonyl (C=O) groups excluding carboxylic acids is 1. The second-order valence-corrected chi connectivity index (χ2v) is 2.89. The second-order valence-electron chi connectivity index (χ2n) is 2.89. The van der Waals surface area contributed by atoms with Crippen molar-refractivity contribution in [2.75, 3.05) is 27.4 Å². The number of hydrogen-bond donors (Lipinski definition) is 1. The third-order valence-electron chi connectivity index (χ3n) is 2.23. The minimum absolute atomic E-state index is 0.145. The maximum Gasteiger partial charge on any atom is 0.312 e. The van der Waals surface area contributed by atoms with E-state index >= 15 is 0 Å². The van der Waals surface area contributed by atoms with E-state index in [2.05, 4.69) is 10.1 Å². The van der Waals surface area contributed by atoms with Crippen LogP contribution < -0.4 is 5.32 Å². The Morgan fingerprint density at radius 1 is 1.67 bits per heavy atom. The van der Waals surface area contributed by atoms with E-state index in [0.29, 0.717) is 6.61 Å². The molecule has 1 heterocycles. The number of rotatable bonds is 2. The van der Waals surface area contributed by atoms with Crippen molar-refractivity contribution in [3.05, 3.63) is 0 Å². The van der Waals surface area contributed by atoms with E-state index in [-0.39, 0.29) is 17.9 Å². The van der Waals surface area contributed by atoms with Gasteiger partial charge in [-0.3, -0.25) is 4.79 Å². The van der Waals surface area contributed by atoms with Gasteiger partial charge in [-0.15, -0.1) is 0 Å². The predicted octanol–water partition coefficient (Wildman–Crippen LogP) is -0.216. The minimum Gasteiger partial charge on any atom is -0.469 e. The molecule has 0 bridgehead atoms. The lowest BCUT2D eigenvalue weighted by Crippen LogP contribution is -2.45. The molecule has 1 saturated heterocycles. The fraction of sp³-hybridized carbons (Fsp3) is 0.875. The lowest BCUT2D eigenvalue weighted by molar-refractivity contribution is -0.151. The Morgan fingerprint density at radius 2 is 2.42 bits per heavy atom. The monoisotopic (exact) mass is 173 g/mol. The fourth-order valence-electron chi connectivity index (χ4n) is 1.47. The van der Waals surface area contributed by atoms with Crippen molar-refractivity contribution in [2.24, 2.45) is 5.92 Å². The minimum atomic E-state index is -0.186. The summed E-state index contributed by atoms with van der Waals surface area (Å²) in [5.41, 5.74) is 0. The molecule has 0 saturated carbocycles.